The zero-order valence-corrected chi connectivity index (χ0v) is 13.3. The minimum Gasteiger partial charge on any atom is -0.278 e. The zero-order chi connectivity index (χ0) is 16.1. The molecule has 1 atom stereocenters. The molecule has 1 aromatic heterocycles. The van der Waals surface area contributed by atoms with Crippen LogP contribution in [0.5, 0.6) is 0 Å². The number of aromatic nitrogens is 1. The fourth-order valence-corrected chi connectivity index (χ4v) is 3.63. The Balaban J connectivity index is 2.29. The molecule has 0 bridgehead atoms. The highest BCUT2D eigenvalue weighted by Gasteiger charge is 2.10. The summed E-state index contributed by atoms with van der Waals surface area (Å²) >= 11 is 0.966. The predicted octanol–water partition coefficient (Wildman–Crippen LogP) is 3.76. The highest BCUT2D eigenvalue weighted by molar-refractivity contribution is 7.85. The first-order valence-corrected chi connectivity index (χ1v) is 8.58. The lowest BCUT2D eigenvalue weighted by Gasteiger charge is -2.04. The molecule has 0 fully saturated rings. The number of rotatable bonds is 5. The second kappa shape index (κ2) is 7.51. The van der Waals surface area contributed by atoms with Crippen LogP contribution in [-0.2, 0) is 10.8 Å². The van der Waals surface area contributed by atoms with E-state index in [0.29, 0.717) is 11.1 Å². The normalized spacial score (nSPS) is 12.0. The summed E-state index contributed by atoms with van der Waals surface area (Å²) in [5.74, 6) is 0.00567. The molecule has 1 aromatic carbocycles. The first-order valence-electron chi connectivity index (χ1n) is 6.44. The third-order valence-corrected chi connectivity index (χ3v) is 4.87. The summed E-state index contributed by atoms with van der Waals surface area (Å²) in [5.41, 5.74) is 1.80. The molecule has 116 valence electrons. The molecule has 1 unspecified atom stereocenters. The summed E-state index contributed by atoms with van der Waals surface area (Å²) in [6.07, 6.45) is -1.11. The first-order chi connectivity index (χ1) is 10.5. The van der Waals surface area contributed by atoms with E-state index in [9.17, 15) is 17.8 Å². The molecule has 0 aliphatic carbocycles. The van der Waals surface area contributed by atoms with Crippen LogP contribution in [0, 0.1) is 6.92 Å². The number of aryl methyl sites for hydroxylation is 1. The Bertz CT molecular complexity index is 783. The molecular formula is C15H13F2NO2S2. The summed E-state index contributed by atoms with van der Waals surface area (Å²) in [4.78, 5) is 16.0. The van der Waals surface area contributed by atoms with Gasteiger partial charge in [0.15, 0.2) is 0 Å². The van der Waals surface area contributed by atoms with Crippen LogP contribution in [0.2, 0.25) is 0 Å². The Morgan fingerprint density at radius 2 is 2.14 bits per heavy atom. The third-order valence-electron chi connectivity index (χ3n) is 2.75. The predicted molar refractivity (Wildman–Crippen MR) is 84.7 cm³/mol. The Kier molecular flexibility index (Phi) is 5.68. The summed E-state index contributed by atoms with van der Waals surface area (Å²) in [5, 5.41) is 0.611. The largest absolute Gasteiger partial charge is 0.278 e. The summed E-state index contributed by atoms with van der Waals surface area (Å²) in [6.45, 7) is 1.92. The molecule has 1 heterocycles. The van der Waals surface area contributed by atoms with Gasteiger partial charge in [0.05, 0.1) is 10.8 Å². The van der Waals surface area contributed by atoms with Crippen LogP contribution in [0.3, 0.4) is 0 Å². The van der Waals surface area contributed by atoms with Crippen LogP contribution in [-0.4, -0.2) is 14.9 Å². The molecule has 2 rings (SSSR count). The van der Waals surface area contributed by atoms with E-state index in [0.717, 1.165) is 22.5 Å². The Morgan fingerprint density at radius 1 is 1.36 bits per heavy atom. The van der Waals surface area contributed by atoms with E-state index in [1.807, 2.05) is 31.2 Å². The van der Waals surface area contributed by atoms with Gasteiger partial charge in [-0.2, -0.15) is 8.78 Å². The van der Waals surface area contributed by atoms with Crippen molar-refractivity contribution >= 4 is 22.1 Å². The van der Waals surface area contributed by atoms with Crippen molar-refractivity contribution in [2.75, 3.05) is 5.75 Å². The molecule has 0 spiro atoms. The van der Waals surface area contributed by atoms with Crippen LogP contribution in [0.1, 0.15) is 12.0 Å². The van der Waals surface area contributed by atoms with Gasteiger partial charge in [0.25, 0.3) is 6.08 Å². The molecule has 0 radical (unpaired) electrons. The van der Waals surface area contributed by atoms with Gasteiger partial charge in [-0.15, -0.1) is 0 Å². The van der Waals surface area contributed by atoms with Gasteiger partial charge in [0.2, 0.25) is 4.74 Å². The fourth-order valence-electron chi connectivity index (χ4n) is 1.78. The Labute approximate surface area is 132 Å². The van der Waals surface area contributed by atoms with Gasteiger partial charge in [-0.05, 0) is 25.5 Å². The smallest absolute Gasteiger partial charge is 0.266 e. The molecule has 3 nitrogen and oxygen atoms in total. The van der Waals surface area contributed by atoms with Crippen molar-refractivity contribution in [1.82, 2.24) is 4.98 Å². The summed E-state index contributed by atoms with van der Waals surface area (Å²) in [6, 6.07) is 8.68. The second-order valence-corrected chi connectivity index (χ2v) is 7.03. The van der Waals surface area contributed by atoms with Gasteiger partial charge in [-0.3, -0.25) is 9.00 Å². The molecule has 0 saturated carbocycles. The molecule has 0 N–H and O–H groups in total. The Morgan fingerprint density at radius 3 is 2.82 bits per heavy atom. The molecule has 0 aliphatic rings. The molecule has 22 heavy (non-hydrogen) atoms. The third kappa shape index (κ3) is 4.64. The van der Waals surface area contributed by atoms with Crippen molar-refractivity contribution in [2.24, 2.45) is 0 Å². The van der Waals surface area contributed by atoms with Gasteiger partial charge in [-0.25, -0.2) is 4.98 Å². The van der Waals surface area contributed by atoms with Gasteiger partial charge in [0, 0.05) is 17.4 Å². The van der Waals surface area contributed by atoms with Crippen molar-refractivity contribution < 1.29 is 13.0 Å². The van der Waals surface area contributed by atoms with Crippen molar-refractivity contribution in [1.29, 1.82) is 0 Å². The van der Waals surface area contributed by atoms with Crippen LogP contribution >= 0.6 is 11.3 Å². The van der Waals surface area contributed by atoms with E-state index in [2.05, 4.69) is 4.98 Å². The molecule has 7 heteroatoms. The summed E-state index contributed by atoms with van der Waals surface area (Å²) in [7, 11) is -1.58. The molecule has 0 aliphatic heterocycles. The van der Waals surface area contributed by atoms with Crippen LogP contribution < -0.4 is 4.74 Å². The van der Waals surface area contributed by atoms with Crippen molar-refractivity contribution in [2.45, 2.75) is 18.4 Å². The highest BCUT2D eigenvalue weighted by Crippen LogP contribution is 2.21. The van der Waals surface area contributed by atoms with Crippen molar-refractivity contribution in [3.8, 4) is 10.6 Å². The number of halogens is 2. The topological polar surface area (TPSA) is 47.0 Å². The lowest BCUT2D eigenvalue weighted by molar-refractivity contribution is 0.418. The average Bonchev–Trinajstić information content (AvgIpc) is 2.46. The second-order valence-electron chi connectivity index (χ2n) is 4.52. The van der Waals surface area contributed by atoms with E-state index in [1.54, 1.807) is 0 Å². The maximum absolute atomic E-state index is 12.1. The highest BCUT2D eigenvalue weighted by atomic mass is 32.2. The lowest BCUT2D eigenvalue weighted by Crippen LogP contribution is -2.05. The van der Waals surface area contributed by atoms with Crippen molar-refractivity contribution in [3.63, 3.8) is 0 Å². The van der Waals surface area contributed by atoms with Gasteiger partial charge < -0.3 is 0 Å². The maximum Gasteiger partial charge on any atom is 0.266 e. The standard InChI is InChI=1S/C15H13F2NO2S2/c1-10-4-2-5-11(8-10)15-18-13(9-14(19)21-15)22(20)7-3-6-12(16)17/h2,4-6,8-9H,3,7H2,1H3. The SMILES string of the molecule is Cc1cccc(-c2nc(S(=O)CCC=C(F)F)cc(=O)s2)c1. The van der Waals surface area contributed by atoms with E-state index < -0.39 is 16.9 Å². The number of benzene rings is 1. The first kappa shape index (κ1) is 16.6. The van der Waals surface area contributed by atoms with Crippen LogP contribution in [0.15, 0.2) is 52.3 Å². The quantitative estimate of drug-likeness (QED) is 0.832. The molecular weight excluding hydrogens is 328 g/mol. The number of nitrogens with zero attached hydrogens (tertiary/aromatic N) is 1. The van der Waals surface area contributed by atoms with Crippen LogP contribution in [0.25, 0.3) is 10.6 Å². The van der Waals surface area contributed by atoms with Crippen molar-refractivity contribution in [3.05, 3.63) is 57.6 Å². The maximum atomic E-state index is 12.1. The fraction of sp³-hybridized carbons (Fsp3) is 0.200. The van der Waals surface area contributed by atoms with E-state index in [-0.39, 0.29) is 21.9 Å². The zero-order valence-electron chi connectivity index (χ0n) is 11.7. The minimum atomic E-state index is -1.80. The van der Waals surface area contributed by atoms with E-state index in [1.165, 1.54) is 6.07 Å². The number of allylic oxidation sites excluding steroid dienone is 1. The van der Waals surface area contributed by atoms with Crippen LogP contribution in [0.4, 0.5) is 8.78 Å². The van der Waals surface area contributed by atoms with Gasteiger partial charge in [-0.1, -0.05) is 35.1 Å². The average molecular weight is 341 g/mol. The van der Waals surface area contributed by atoms with E-state index in [4.69, 9.17) is 0 Å². The Hall–Kier alpha value is -1.73. The van der Waals surface area contributed by atoms with E-state index >= 15 is 0 Å². The monoisotopic (exact) mass is 341 g/mol. The molecule has 2 aromatic rings. The molecule has 0 saturated heterocycles. The molecule has 0 amide bonds. The minimum absolute atomic E-state index is 0.00567. The summed E-state index contributed by atoms with van der Waals surface area (Å²) < 4.78 is 35.8. The number of hydrogen-bond donors (Lipinski definition) is 0. The lowest BCUT2D eigenvalue weighted by atomic mass is 10.1. The van der Waals surface area contributed by atoms with Gasteiger partial charge in [0.1, 0.15) is 10.0 Å². The van der Waals surface area contributed by atoms with Gasteiger partial charge >= 0.3 is 0 Å². The number of hydrogen-bond acceptors (Lipinski definition) is 4.